The Hall–Kier alpha value is -2.59. The van der Waals surface area contributed by atoms with Crippen LogP contribution in [0.25, 0.3) is 10.9 Å². The number of carbonyl (C=O) groups excluding carboxylic acids is 3. The largest absolute Gasteiger partial charge is 0.464 e. The molecule has 1 aromatic carbocycles. The Kier molecular flexibility index (Phi) is 6.91. The van der Waals surface area contributed by atoms with Crippen LogP contribution in [0.4, 0.5) is 0 Å². The lowest BCUT2D eigenvalue weighted by molar-refractivity contribution is -0.167. The Bertz CT molecular complexity index is 1030. The van der Waals surface area contributed by atoms with Crippen LogP contribution in [0.2, 0.25) is 5.02 Å². The second kappa shape index (κ2) is 8.83. The summed E-state index contributed by atoms with van der Waals surface area (Å²) in [6.45, 7) is 3.05. The van der Waals surface area contributed by atoms with Crippen LogP contribution in [0.5, 0.6) is 0 Å². The molecule has 0 bridgehead atoms. The minimum absolute atomic E-state index is 0.0293. The quantitative estimate of drug-likeness (QED) is 0.339. The zero-order valence-electron chi connectivity index (χ0n) is 16.1. The van der Waals surface area contributed by atoms with Crippen molar-refractivity contribution in [3.8, 4) is 0 Å². The fraction of sp³-hybridized carbons (Fsp3) is 0.389. The van der Waals surface area contributed by atoms with Gasteiger partial charge in [-0.1, -0.05) is 11.6 Å². The van der Waals surface area contributed by atoms with Gasteiger partial charge in [-0.15, -0.1) is 0 Å². The van der Waals surface area contributed by atoms with Crippen LogP contribution < -0.4 is 5.32 Å². The van der Waals surface area contributed by atoms with Gasteiger partial charge in [0.15, 0.2) is 9.84 Å². The molecular weight excluding hydrogens is 424 g/mol. The molecule has 0 spiro atoms. The molecule has 0 atom stereocenters. The lowest BCUT2D eigenvalue weighted by Crippen LogP contribution is -2.60. The highest BCUT2D eigenvalue weighted by Gasteiger charge is 2.49. The number of sulfone groups is 1. The number of rotatable bonds is 9. The van der Waals surface area contributed by atoms with E-state index in [2.05, 4.69) is 10.3 Å². The molecule has 0 aliphatic rings. The average molecular weight is 445 g/mol. The van der Waals surface area contributed by atoms with E-state index in [1.165, 1.54) is 18.3 Å². The number of carbonyl (C=O) groups is 3. The van der Waals surface area contributed by atoms with Crippen molar-refractivity contribution >= 4 is 50.7 Å². The van der Waals surface area contributed by atoms with Crippen molar-refractivity contribution in [2.45, 2.75) is 30.7 Å². The van der Waals surface area contributed by atoms with E-state index < -0.39 is 27.3 Å². The number of esters is 2. The van der Waals surface area contributed by atoms with Gasteiger partial charge in [-0.05, 0) is 31.5 Å². The van der Waals surface area contributed by atoms with Crippen LogP contribution in [0.1, 0.15) is 19.4 Å². The third-order valence-electron chi connectivity index (χ3n) is 4.24. The predicted octanol–water partition coefficient (Wildman–Crippen LogP) is 1.38. The number of amides is 1. The fourth-order valence-electron chi connectivity index (χ4n) is 2.87. The molecule has 2 rings (SSSR count). The first-order valence-electron chi connectivity index (χ1n) is 8.66. The Morgan fingerprint density at radius 1 is 1.21 bits per heavy atom. The van der Waals surface area contributed by atoms with E-state index in [0.29, 0.717) is 16.5 Å². The van der Waals surface area contributed by atoms with E-state index in [-0.39, 0.29) is 36.0 Å². The number of fused-ring (bicyclic) bond motifs is 1. The maximum atomic E-state index is 12.7. The van der Waals surface area contributed by atoms with Gasteiger partial charge in [0.05, 0.1) is 28.6 Å². The summed E-state index contributed by atoms with van der Waals surface area (Å²) in [5.41, 5.74) is -1.36. The number of H-pyrrole nitrogens is 1. The highest BCUT2D eigenvalue weighted by Crippen LogP contribution is 2.31. The van der Waals surface area contributed by atoms with Gasteiger partial charge < -0.3 is 19.8 Å². The number of aromatic amines is 1. The van der Waals surface area contributed by atoms with E-state index in [1.807, 2.05) is 0 Å². The van der Waals surface area contributed by atoms with Crippen LogP contribution in [0.15, 0.2) is 23.2 Å². The molecule has 11 heteroatoms. The number of hydrogen-bond donors (Lipinski definition) is 2. The summed E-state index contributed by atoms with van der Waals surface area (Å²) in [4.78, 5) is 39.4. The lowest BCUT2D eigenvalue weighted by atomic mass is 9.90. The van der Waals surface area contributed by atoms with Crippen molar-refractivity contribution < 1.29 is 32.3 Å². The van der Waals surface area contributed by atoms with Gasteiger partial charge in [0.25, 0.3) is 0 Å². The van der Waals surface area contributed by atoms with E-state index in [0.717, 1.165) is 6.26 Å². The first-order chi connectivity index (χ1) is 13.6. The fourth-order valence-corrected chi connectivity index (χ4v) is 3.87. The molecule has 2 aromatic rings. The summed E-state index contributed by atoms with van der Waals surface area (Å²) in [6, 6.07) is 2.68. The van der Waals surface area contributed by atoms with E-state index in [1.54, 1.807) is 13.8 Å². The number of aromatic nitrogens is 1. The Morgan fingerprint density at radius 3 is 2.28 bits per heavy atom. The van der Waals surface area contributed by atoms with Gasteiger partial charge in [0.1, 0.15) is 0 Å². The summed E-state index contributed by atoms with van der Waals surface area (Å²) in [6.07, 6.45) is 2.37. The van der Waals surface area contributed by atoms with Crippen LogP contribution in [0.3, 0.4) is 0 Å². The van der Waals surface area contributed by atoms with Crippen molar-refractivity contribution in [1.29, 1.82) is 0 Å². The van der Waals surface area contributed by atoms with Gasteiger partial charge in [-0.25, -0.2) is 18.0 Å². The van der Waals surface area contributed by atoms with Gasteiger partial charge in [0.2, 0.25) is 11.9 Å². The molecule has 0 fully saturated rings. The van der Waals surface area contributed by atoms with Gasteiger partial charge in [-0.3, -0.25) is 4.79 Å². The molecule has 0 aliphatic carbocycles. The molecule has 0 saturated heterocycles. The number of halogens is 1. The Labute approximate surface area is 172 Å². The molecule has 0 radical (unpaired) electrons. The van der Waals surface area contributed by atoms with E-state index >= 15 is 0 Å². The van der Waals surface area contributed by atoms with Crippen molar-refractivity contribution in [2.75, 3.05) is 19.5 Å². The number of nitrogens with one attached hydrogen (secondary N) is 2. The van der Waals surface area contributed by atoms with Gasteiger partial charge in [-0.2, -0.15) is 0 Å². The topological polar surface area (TPSA) is 132 Å². The van der Waals surface area contributed by atoms with Crippen LogP contribution in [-0.4, -0.2) is 56.8 Å². The van der Waals surface area contributed by atoms with Crippen molar-refractivity contribution in [1.82, 2.24) is 10.3 Å². The molecule has 0 saturated carbocycles. The van der Waals surface area contributed by atoms with Crippen LogP contribution in [-0.2, 0) is 40.1 Å². The van der Waals surface area contributed by atoms with E-state index in [9.17, 15) is 22.8 Å². The summed E-state index contributed by atoms with van der Waals surface area (Å²) < 4.78 is 33.9. The summed E-state index contributed by atoms with van der Waals surface area (Å²) in [5.74, 6) is -1.99. The third-order valence-corrected chi connectivity index (χ3v) is 5.63. The number of ether oxygens (including phenoxy) is 2. The average Bonchev–Trinajstić information content (AvgIpc) is 3.04. The SMILES string of the molecule is CCOC(=O)C(Cc1c[nH]c2c(Cl)cc(S(C)(=O)=O)cc12)(NC=O)C(=O)OCC. The molecular formula is C18H21ClN2O7S. The molecule has 1 aromatic heterocycles. The molecule has 29 heavy (non-hydrogen) atoms. The van der Waals surface area contributed by atoms with Crippen molar-refractivity contribution in [2.24, 2.45) is 0 Å². The normalized spacial score (nSPS) is 11.9. The smallest absolute Gasteiger partial charge is 0.344 e. The van der Waals surface area contributed by atoms with Crippen LogP contribution in [0, 0.1) is 0 Å². The summed E-state index contributed by atoms with van der Waals surface area (Å²) in [5, 5.41) is 2.76. The Balaban J connectivity index is 2.67. The number of hydrogen-bond acceptors (Lipinski definition) is 7. The zero-order chi connectivity index (χ0) is 21.8. The van der Waals surface area contributed by atoms with Crippen molar-refractivity contribution in [3.63, 3.8) is 0 Å². The van der Waals surface area contributed by atoms with Gasteiger partial charge >= 0.3 is 11.9 Å². The predicted molar refractivity (Wildman–Crippen MR) is 105 cm³/mol. The van der Waals surface area contributed by atoms with Crippen molar-refractivity contribution in [3.05, 3.63) is 28.9 Å². The zero-order valence-corrected chi connectivity index (χ0v) is 17.6. The lowest BCUT2D eigenvalue weighted by Gasteiger charge is -2.28. The maximum absolute atomic E-state index is 12.7. The summed E-state index contributed by atoms with van der Waals surface area (Å²) >= 11 is 6.19. The molecule has 158 valence electrons. The molecule has 0 unspecified atom stereocenters. The minimum Gasteiger partial charge on any atom is -0.464 e. The van der Waals surface area contributed by atoms with E-state index in [4.69, 9.17) is 21.1 Å². The highest BCUT2D eigenvalue weighted by molar-refractivity contribution is 7.90. The monoisotopic (exact) mass is 444 g/mol. The van der Waals surface area contributed by atoms with Gasteiger partial charge in [0, 0.05) is 24.3 Å². The minimum atomic E-state index is -3.57. The first kappa shape index (κ1) is 22.7. The highest BCUT2D eigenvalue weighted by atomic mass is 35.5. The summed E-state index contributed by atoms with van der Waals surface area (Å²) in [7, 11) is -3.57. The molecule has 1 heterocycles. The second-order valence-electron chi connectivity index (χ2n) is 6.20. The molecule has 2 N–H and O–H groups in total. The molecule has 1 amide bonds. The Morgan fingerprint density at radius 2 is 1.79 bits per heavy atom. The maximum Gasteiger partial charge on any atom is 0.344 e. The third kappa shape index (κ3) is 4.54. The second-order valence-corrected chi connectivity index (χ2v) is 8.62. The molecule has 9 nitrogen and oxygen atoms in total. The standard InChI is InChI=1S/C18H21ClN2O7S/c1-4-27-16(23)18(21-10-22,17(24)28-5-2)8-11-9-20-15-13(11)6-12(7-14(15)19)29(3,25)26/h6-7,9-10,20H,4-5,8H2,1-3H3,(H,21,22). The molecule has 0 aliphatic heterocycles. The van der Waals surface area contributed by atoms with Crippen LogP contribution >= 0.6 is 11.6 Å². The first-order valence-corrected chi connectivity index (χ1v) is 10.9. The number of benzene rings is 1.